The van der Waals surface area contributed by atoms with Crippen LogP contribution in [0.5, 0.6) is 0 Å². The van der Waals surface area contributed by atoms with E-state index in [1.54, 1.807) is 23.5 Å². The van der Waals surface area contributed by atoms with Crippen LogP contribution in [-0.4, -0.2) is 29.4 Å². The van der Waals surface area contributed by atoms with Crippen LogP contribution >= 0.6 is 34.5 Å². The second kappa shape index (κ2) is 8.35. The van der Waals surface area contributed by atoms with Crippen molar-refractivity contribution in [3.05, 3.63) is 63.1 Å². The zero-order chi connectivity index (χ0) is 18.7. The molecule has 0 saturated carbocycles. The highest BCUT2D eigenvalue weighted by Crippen LogP contribution is 2.25. The second-order valence-electron chi connectivity index (χ2n) is 6.21. The standard InChI is InChI=1S/C19H19Cl2N3OS/c1-12(13-7-8-14(20)15(21)9-13)22-18(25)10-24(2)11-19-23-16-5-3-4-6-17(16)26-19/h3-9,12H,10-11H2,1-2H3,(H,22,25)/t12-/m0/s1. The van der Waals surface area contributed by atoms with Gasteiger partial charge in [-0.25, -0.2) is 4.98 Å². The number of hydrogen-bond acceptors (Lipinski definition) is 4. The highest BCUT2D eigenvalue weighted by Gasteiger charge is 2.14. The number of amides is 1. The average Bonchev–Trinajstić information content (AvgIpc) is 2.98. The number of fused-ring (bicyclic) bond motifs is 1. The number of benzene rings is 2. The van der Waals surface area contributed by atoms with E-state index in [1.807, 2.05) is 43.1 Å². The highest BCUT2D eigenvalue weighted by atomic mass is 35.5. The van der Waals surface area contributed by atoms with Crippen LogP contribution in [0.25, 0.3) is 10.2 Å². The normalized spacial score (nSPS) is 12.5. The van der Waals surface area contributed by atoms with Crippen LogP contribution in [-0.2, 0) is 11.3 Å². The van der Waals surface area contributed by atoms with E-state index in [4.69, 9.17) is 23.2 Å². The summed E-state index contributed by atoms with van der Waals surface area (Å²) >= 11 is 13.6. The molecule has 26 heavy (non-hydrogen) atoms. The maximum absolute atomic E-state index is 12.3. The summed E-state index contributed by atoms with van der Waals surface area (Å²) in [5.74, 6) is -0.0489. The van der Waals surface area contributed by atoms with Crippen molar-refractivity contribution in [3.8, 4) is 0 Å². The first-order valence-corrected chi connectivity index (χ1v) is 9.77. The Bertz CT molecular complexity index is 895. The van der Waals surface area contributed by atoms with Crippen molar-refractivity contribution in [2.45, 2.75) is 19.5 Å². The number of nitrogens with one attached hydrogen (secondary N) is 1. The second-order valence-corrected chi connectivity index (χ2v) is 8.14. The summed E-state index contributed by atoms with van der Waals surface area (Å²) in [5, 5.41) is 4.97. The Balaban J connectivity index is 1.55. The van der Waals surface area contributed by atoms with E-state index in [9.17, 15) is 4.79 Å². The SMILES string of the molecule is C[C@H](NC(=O)CN(C)Cc1nc2ccccc2s1)c1ccc(Cl)c(Cl)c1. The third-order valence-corrected chi connectivity index (χ3v) is 5.74. The number of carbonyl (C=O) groups is 1. The fourth-order valence-electron chi connectivity index (χ4n) is 2.67. The van der Waals surface area contributed by atoms with Gasteiger partial charge in [0, 0.05) is 0 Å². The molecule has 0 aliphatic carbocycles. The van der Waals surface area contributed by atoms with Gasteiger partial charge in [0.15, 0.2) is 0 Å². The summed E-state index contributed by atoms with van der Waals surface area (Å²) in [6.07, 6.45) is 0. The minimum atomic E-state index is -0.145. The number of hydrogen-bond donors (Lipinski definition) is 1. The zero-order valence-corrected chi connectivity index (χ0v) is 16.8. The molecule has 0 unspecified atom stereocenters. The van der Waals surface area contributed by atoms with Gasteiger partial charge in [-0.2, -0.15) is 0 Å². The first kappa shape index (κ1) is 19.1. The molecule has 0 bridgehead atoms. The lowest BCUT2D eigenvalue weighted by atomic mass is 10.1. The number of nitrogens with zero attached hydrogens (tertiary/aromatic N) is 2. The maximum Gasteiger partial charge on any atom is 0.234 e. The number of carbonyl (C=O) groups excluding carboxylic acids is 1. The van der Waals surface area contributed by atoms with Gasteiger partial charge in [0.1, 0.15) is 5.01 Å². The van der Waals surface area contributed by atoms with E-state index in [0.717, 1.165) is 20.8 Å². The minimum absolute atomic E-state index is 0.0489. The van der Waals surface area contributed by atoms with Crippen LogP contribution in [0.3, 0.4) is 0 Å². The summed E-state index contributed by atoms with van der Waals surface area (Å²) in [4.78, 5) is 18.9. The van der Waals surface area contributed by atoms with E-state index < -0.39 is 0 Å². The summed E-state index contributed by atoms with van der Waals surface area (Å²) in [6, 6.07) is 13.3. The quantitative estimate of drug-likeness (QED) is 0.630. The lowest BCUT2D eigenvalue weighted by Crippen LogP contribution is -2.36. The molecule has 2 aromatic carbocycles. The molecule has 136 valence electrons. The number of para-hydroxylation sites is 1. The predicted octanol–water partition coefficient (Wildman–Crippen LogP) is 4.91. The van der Waals surface area contributed by atoms with Gasteiger partial charge in [-0.1, -0.05) is 41.4 Å². The molecule has 7 heteroatoms. The lowest BCUT2D eigenvalue weighted by molar-refractivity contribution is -0.122. The van der Waals surface area contributed by atoms with Gasteiger partial charge in [0.25, 0.3) is 0 Å². The molecular weight excluding hydrogens is 389 g/mol. The van der Waals surface area contributed by atoms with Crippen LogP contribution < -0.4 is 5.32 Å². The molecule has 1 amide bonds. The lowest BCUT2D eigenvalue weighted by Gasteiger charge is -2.18. The molecular formula is C19H19Cl2N3OS. The Kier molecular flexibility index (Phi) is 6.14. The smallest absolute Gasteiger partial charge is 0.234 e. The average molecular weight is 408 g/mol. The molecule has 3 aromatic rings. The third-order valence-electron chi connectivity index (χ3n) is 3.98. The Hall–Kier alpha value is -1.66. The van der Waals surface area contributed by atoms with Gasteiger partial charge in [0.2, 0.25) is 5.91 Å². The van der Waals surface area contributed by atoms with E-state index in [0.29, 0.717) is 23.1 Å². The molecule has 0 saturated heterocycles. The summed E-state index contributed by atoms with van der Waals surface area (Å²) in [7, 11) is 1.91. The summed E-state index contributed by atoms with van der Waals surface area (Å²) in [5.41, 5.74) is 1.92. The van der Waals surface area contributed by atoms with Crippen molar-refractivity contribution in [2.24, 2.45) is 0 Å². The molecule has 4 nitrogen and oxygen atoms in total. The van der Waals surface area contributed by atoms with Crippen LogP contribution in [0.15, 0.2) is 42.5 Å². The largest absolute Gasteiger partial charge is 0.348 e. The van der Waals surface area contributed by atoms with Gasteiger partial charge in [-0.3, -0.25) is 9.69 Å². The van der Waals surface area contributed by atoms with Gasteiger partial charge in [0.05, 0.1) is 39.4 Å². The number of halogens is 2. The van der Waals surface area contributed by atoms with Gasteiger partial charge in [-0.15, -0.1) is 11.3 Å². The zero-order valence-electron chi connectivity index (χ0n) is 14.5. The third kappa shape index (κ3) is 4.74. The molecule has 1 aromatic heterocycles. The Labute approximate surface area is 166 Å². The fourth-order valence-corrected chi connectivity index (χ4v) is 4.03. The predicted molar refractivity (Wildman–Crippen MR) is 109 cm³/mol. The van der Waals surface area contributed by atoms with E-state index >= 15 is 0 Å². The minimum Gasteiger partial charge on any atom is -0.348 e. The molecule has 1 atom stereocenters. The molecule has 0 aliphatic rings. The first-order chi connectivity index (χ1) is 12.4. The molecule has 0 spiro atoms. The molecule has 0 radical (unpaired) electrons. The molecule has 3 rings (SSSR count). The topological polar surface area (TPSA) is 45.2 Å². The number of likely N-dealkylation sites (N-methyl/N-ethyl adjacent to an activating group) is 1. The number of aromatic nitrogens is 1. The van der Waals surface area contributed by atoms with E-state index in [2.05, 4.69) is 16.4 Å². The molecule has 0 fully saturated rings. The molecule has 1 heterocycles. The number of rotatable bonds is 6. The van der Waals surface area contributed by atoms with Crippen molar-refractivity contribution in [1.29, 1.82) is 0 Å². The summed E-state index contributed by atoms with van der Waals surface area (Å²) < 4.78 is 1.16. The van der Waals surface area contributed by atoms with E-state index in [-0.39, 0.29) is 11.9 Å². The number of thiazole rings is 1. The van der Waals surface area contributed by atoms with Gasteiger partial charge >= 0.3 is 0 Å². The van der Waals surface area contributed by atoms with Crippen LogP contribution in [0.2, 0.25) is 10.0 Å². The van der Waals surface area contributed by atoms with Crippen LogP contribution in [0.1, 0.15) is 23.5 Å². The van der Waals surface area contributed by atoms with Crippen molar-refractivity contribution >= 4 is 50.7 Å². The Morgan fingerprint density at radius 1 is 1.23 bits per heavy atom. The van der Waals surface area contributed by atoms with E-state index in [1.165, 1.54) is 0 Å². The van der Waals surface area contributed by atoms with Gasteiger partial charge in [-0.05, 0) is 43.8 Å². The molecule has 0 aliphatic heterocycles. The van der Waals surface area contributed by atoms with Crippen molar-refractivity contribution in [1.82, 2.24) is 15.2 Å². The molecule has 1 N–H and O–H groups in total. The monoisotopic (exact) mass is 407 g/mol. The Morgan fingerprint density at radius 3 is 2.73 bits per heavy atom. The van der Waals surface area contributed by atoms with Gasteiger partial charge < -0.3 is 5.32 Å². The van der Waals surface area contributed by atoms with Crippen molar-refractivity contribution < 1.29 is 4.79 Å². The Morgan fingerprint density at radius 2 is 2.00 bits per heavy atom. The van der Waals surface area contributed by atoms with Crippen molar-refractivity contribution in [3.63, 3.8) is 0 Å². The summed E-state index contributed by atoms with van der Waals surface area (Å²) in [6.45, 7) is 2.85. The maximum atomic E-state index is 12.3. The van der Waals surface area contributed by atoms with Crippen molar-refractivity contribution in [2.75, 3.05) is 13.6 Å². The van der Waals surface area contributed by atoms with Crippen LogP contribution in [0, 0.1) is 0 Å². The fraction of sp³-hybridized carbons (Fsp3) is 0.263. The highest BCUT2D eigenvalue weighted by molar-refractivity contribution is 7.18. The first-order valence-electron chi connectivity index (χ1n) is 8.19. The van der Waals surface area contributed by atoms with Crippen LogP contribution in [0.4, 0.5) is 0 Å².